The van der Waals surface area contributed by atoms with Crippen molar-refractivity contribution in [3.63, 3.8) is 0 Å². The average molecular weight is 489 g/mol. The number of benzene rings is 1. The van der Waals surface area contributed by atoms with Crippen molar-refractivity contribution in [3.8, 4) is 18.1 Å². The van der Waals surface area contributed by atoms with Crippen LogP contribution in [0.2, 0.25) is 0 Å². The van der Waals surface area contributed by atoms with E-state index in [-0.39, 0.29) is 17.7 Å². The number of sulfone groups is 1. The van der Waals surface area contributed by atoms with Crippen molar-refractivity contribution in [3.05, 3.63) is 59.8 Å². The van der Waals surface area contributed by atoms with Crippen molar-refractivity contribution in [1.82, 2.24) is 10.4 Å². The van der Waals surface area contributed by atoms with Gasteiger partial charge in [-0.3, -0.25) is 14.9 Å². The van der Waals surface area contributed by atoms with E-state index in [1.54, 1.807) is 18.7 Å². The van der Waals surface area contributed by atoms with E-state index in [0.29, 0.717) is 49.1 Å². The largest absolute Gasteiger partial charge is 0.493 e. The molecule has 0 atom stereocenters. The molecule has 0 bridgehead atoms. The lowest BCUT2D eigenvalue weighted by atomic mass is 9.95. The molecule has 2 aliphatic rings. The number of carbonyl (C=O) groups is 1. The van der Waals surface area contributed by atoms with E-state index < -0.39 is 20.5 Å². The number of piperidine rings is 1. The smallest absolute Gasteiger partial charge is 0.265 e. The lowest BCUT2D eigenvalue weighted by molar-refractivity contribution is -0.133. The van der Waals surface area contributed by atoms with Gasteiger partial charge in [-0.1, -0.05) is 5.92 Å². The van der Waals surface area contributed by atoms with Crippen LogP contribution in [0.3, 0.4) is 0 Å². The Hall–Kier alpha value is -3.26. The van der Waals surface area contributed by atoms with Crippen LogP contribution >= 0.6 is 0 Å². The maximum atomic E-state index is 13.5. The molecule has 2 N–H and O–H groups in total. The zero-order chi connectivity index (χ0) is 24.8. The molecule has 1 aliphatic heterocycles. The van der Waals surface area contributed by atoms with Crippen LogP contribution < -0.4 is 10.2 Å². The summed E-state index contributed by atoms with van der Waals surface area (Å²) in [5.41, 5.74) is 1.55. The Morgan fingerprint density at radius 1 is 1.15 bits per heavy atom. The van der Waals surface area contributed by atoms with Crippen molar-refractivity contribution in [2.45, 2.75) is 28.9 Å². The van der Waals surface area contributed by atoms with Crippen molar-refractivity contribution < 1.29 is 32.6 Å². The Morgan fingerprint density at radius 3 is 2.35 bits per heavy atom. The SMILES string of the molecule is C#CCN1CCC(C(=O)NO)(S(=O)(=O)c2ccc(OC3=CCC=C(OC)C(OC)=C3)cc2)CC1. The number of allylic oxidation sites excluding steroid dienone is 3. The number of carbonyl (C=O) groups excluding carboxylic acids is 1. The normalized spacial score (nSPS) is 18.4. The van der Waals surface area contributed by atoms with Crippen LogP contribution in [-0.4, -0.2) is 63.0 Å². The summed E-state index contributed by atoms with van der Waals surface area (Å²) in [4.78, 5) is 14.4. The van der Waals surface area contributed by atoms with Gasteiger partial charge >= 0.3 is 0 Å². The minimum Gasteiger partial charge on any atom is -0.493 e. The summed E-state index contributed by atoms with van der Waals surface area (Å²) in [6.45, 7) is 0.995. The summed E-state index contributed by atoms with van der Waals surface area (Å²) in [6, 6.07) is 5.81. The number of terminal acetylenes is 1. The Balaban J connectivity index is 1.83. The van der Waals surface area contributed by atoms with Crippen molar-refractivity contribution >= 4 is 15.7 Å². The van der Waals surface area contributed by atoms with Gasteiger partial charge in [-0.15, -0.1) is 6.42 Å². The highest BCUT2D eigenvalue weighted by Gasteiger charge is 2.52. The van der Waals surface area contributed by atoms with E-state index in [1.807, 2.05) is 17.1 Å². The van der Waals surface area contributed by atoms with E-state index in [2.05, 4.69) is 5.92 Å². The quantitative estimate of drug-likeness (QED) is 0.325. The number of nitrogens with one attached hydrogen (secondary N) is 1. The molecule has 1 fully saturated rings. The Bertz CT molecular complexity index is 1140. The first kappa shape index (κ1) is 25.4. The Kier molecular flexibility index (Phi) is 8.04. The van der Waals surface area contributed by atoms with Gasteiger partial charge in [0.15, 0.2) is 26.1 Å². The van der Waals surface area contributed by atoms with Crippen LogP contribution in [-0.2, 0) is 24.1 Å². The van der Waals surface area contributed by atoms with Gasteiger partial charge in [0.25, 0.3) is 5.91 Å². The summed E-state index contributed by atoms with van der Waals surface area (Å²) >= 11 is 0. The first-order chi connectivity index (χ1) is 16.3. The van der Waals surface area contributed by atoms with Gasteiger partial charge in [-0.25, -0.2) is 13.9 Å². The topological polar surface area (TPSA) is 114 Å². The lowest BCUT2D eigenvalue weighted by Crippen LogP contribution is -2.57. The fraction of sp³-hybridized carbons (Fsp3) is 0.375. The summed E-state index contributed by atoms with van der Waals surface area (Å²) < 4.78 is 41.8. The number of ether oxygens (including phenoxy) is 3. The van der Waals surface area contributed by atoms with Gasteiger partial charge in [0.2, 0.25) is 0 Å². The van der Waals surface area contributed by atoms with Crippen molar-refractivity contribution in [2.75, 3.05) is 33.9 Å². The molecular formula is C24H28N2O7S. The van der Waals surface area contributed by atoms with Crippen LogP contribution in [0.5, 0.6) is 5.75 Å². The van der Waals surface area contributed by atoms with E-state index >= 15 is 0 Å². The van der Waals surface area contributed by atoms with Gasteiger partial charge in [0.1, 0.15) is 11.5 Å². The minimum absolute atomic E-state index is 0.00790. The second kappa shape index (κ2) is 10.8. The zero-order valence-corrected chi connectivity index (χ0v) is 19.9. The van der Waals surface area contributed by atoms with Crippen LogP contribution in [0.25, 0.3) is 0 Å². The summed E-state index contributed by atoms with van der Waals surface area (Å²) in [7, 11) is -1.06. The second-order valence-electron chi connectivity index (χ2n) is 7.82. The molecule has 0 saturated carbocycles. The maximum absolute atomic E-state index is 13.5. The molecule has 1 aromatic rings. The molecule has 0 aromatic heterocycles. The molecule has 1 amide bonds. The predicted molar refractivity (Wildman–Crippen MR) is 124 cm³/mol. The van der Waals surface area contributed by atoms with Crippen LogP contribution in [0.15, 0.2) is 64.7 Å². The van der Waals surface area contributed by atoms with E-state index in [4.69, 9.17) is 20.6 Å². The van der Waals surface area contributed by atoms with Crippen LogP contribution in [0.1, 0.15) is 19.3 Å². The maximum Gasteiger partial charge on any atom is 0.265 e. The number of amides is 1. The fourth-order valence-corrected chi connectivity index (χ4v) is 5.98. The Morgan fingerprint density at radius 2 is 1.79 bits per heavy atom. The predicted octanol–water partition coefficient (Wildman–Crippen LogP) is 2.16. The number of nitrogens with zero attached hydrogens (tertiary/aromatic N) is 1. The van der Waals surface area contributed by atoms with Crippen LogP contribution in [0.4, 0.5) is 0 Å². The van der Waals surface area contributed by atoms with E-state index in [9.17, 15) is 18.4 Å². The van der Waals surface area contributed by atoms with Gasteiger partial charge in [-0.2, -0.15) is 0 Å². The van der Waals surface area contributed by atoms with E-state index in [0.717, 1.165) is 0 Å². The third-order valence-electron chi connectivity index (χ3n) is 5.96. The molecule has 1 aliphatic carbocycles. The summed E-state index contributed by atoms with van der Waals surface area (Å²) in [5.74, 6) is 3.57. The van der Waals surface area contributed by atoms with Gasteiger partial charge in [-0.05, 0) is 55.7 Å². The number of methoxy groups -OCH3 is 2. The fourth-order valence-electron chi connectivity index (χ4n) is 4.03. The molecule has 0 radical (unpaired) electrons. The number of likely N-dealkylation sites (tertiary alicyclic amines) is 1. The molecule has 10 heteroatoms. The molecule has 1 saturated heterocycles. The lowest BCUT2D eigenvalue weighted by Gasteiger charge is -2.38. The first-order valence-corrected chi connectivity index (χ1v) is 12.1. The highest BCUT2D eigenvalue weighted by Crippen LogP contribution is 2.36. The van der Waals surface area contributed by atoms with Gasteiger partial charge in [0.05, 0.1) is 25.7 Å². The second-order valence-corrected chi connectivity index (χ2v) is 10.1. The molecule has 0 spiro atoms. The highest BCUT2D eigenvalue weighted by molar-refractivity contribution is 7.93. The zero-order valence-electron chi connectivity index (χ0n) is 19.1. The monoisotopic (exact) mass is 488 g/mol. The summed E-state index contributed by atoms with van der Waals surface area (Å²) in [6.07, 6.45) is 11.3. The third kappa shape index (κ3) is 4.97. The number of hydrogen-bond acceptors (Lipinski definition) is 8. The van der Waals surface area contributed by atoms with Gasteiger partial charge in [0, 0.05) is 19.2 Å². The minimum atomic E-state index is -4.13. The van der Waals surface area contributed by atoms with Crippen molar-refractivity contribution in [2.24, 2.45) is 0 Å². The molecular weight excluding hydrogens is 460 g/mol. The number of hydrogen-bond donors (Lipinski definition) is 2. The van der Waals surface area contributed by atoms with Crippen LogP contribution in [0, 0.1) is 12.3 Å². The third-order valence-corrected chi connectivity index (χ3v) is 8.47. The molecule has 34 heavy (non-hydrogen) atoms. The highest BCUT2D eigenvalue weighted by atomic mass is 32.2. The molecule has 1 heterocycles. The molecule has 1 aromatic carbocycles. The summed E-state index contributed by atoms with van der Waals surface area (Å²) in [5, 5.41) is 9.29. The van der Waals surface area contributed by atoms with E-state index in [1.165, 1.54) is 31.4 Å². The van der Waals surface area contributed by atoms with Gasteiger partial charge < -0.3 is 14.2 Å². The number of rotatable bonds is 8. The molecule has 9 nitrogen and oxygen atoms in total. The first-order valence-electron chi connectivity index (χ1n) is 10.6. The van der Waals surface area contributed by atoms with Crippen molar-refractivity contribution in [1.29, 1.82) is 0 Å². The standard InChI is InChI=1S/C24H28N2O7S/c1-4-14-26-15-12-24(13-16-26,23(27)25-28)34(29,30)20-10-8-18(9-11-20)33-19-6-5-7-21(31-2)22(17-19)32-3/h1,6-11,17,28H,5,12-16H2,2-3H3,(H,25,27). The Labute approximate surface area is 199 Å². The average Bonchev–Trinajstić information content (AvgIpc) is 3.05. The molecule has 3 rings (SSSR count). The molecule has 182 valence electrons. The number of hydroxylamine groups is 1. The molecule has 0 unspecified atom stereocenters.